The first kappa shape index (κ1) is 14.3. The van der Waals surface area contributed by atoms with Crippen molar-refractivity contribution in [3.8, 4) is 0 Å². The van der Waals surface area contributed by atoms with Crippen molar-refractivity contribution >= 4 is 17.6 Å². The molecule has 2 atom stereocenters. The zero-order chi connectivity index (χ0) is 14.9. The van der Waals surface area contributed by atoms with Gasteiger partial charge in [0.25, 0.3) is 0 Å². The van der Waals surface area contributed by atoms with Crippen molar-refractivity contribution in [1.82, 2.24) is 0 Å². The van der Waals surface area contributed by atoms with Gasteiger partial charge in [0.1, 0.15) is 11.9 Å². The summed E-state index contributed by atoms with van der Waals surface area (Å²) in [6, 6.07) is 4.05. The molecule has 108 valence electrons. The largest absolute Gasteiger partial charge is 0.460 e. The van der Waals surface area contributed by atoms with Crippen LogP contribution in [0.25, 0.3) is 0 Å². The third-order valence-corrected chi connectivity index (χ3v) is 3.04. The van der Waals surface area contributed by atoms with Gasteiger partial charge in [-0.3, -0.25) is 0 Å². The third kappa shape index (κ3) is 2.89. The van der Waals surface area contributed by atoms with E-state index in [4.69, 9.17) is 9.47 Å². The Hall–Kier alpha value is -2.11. The maximum Gasteiger partial charge on any atom is 0.347 e. The Labute approximate surface area is 116 Å². The lowest BCUT2D eigenvalue weighted by Gasteiger charge is -2.14. The standard InChI is InChI=1S/C14H16FNO4/c1-8-6-12(14(18)19-8)20-13(17)9-4-5-11(16(2)3)10(15)7-9/h4-5,7-8,12H,6H2,1-3H3/t8-,12+/m1/s1. The quantitative estimate of drug-likeness (QED) is 0.790. The lowest BCUT2D eigenvalue weighted by Crippen LogP contribution is -2.23. The molecular weight excluding hydrogens is 265 g/mol. The molecule has 2 rings (SSSR count). The van der Waals surface area contributed by atoms with E-state index < -0.39 is 23.9 Å². The molecule has 0 spiro atoms. The fraction of sp³-hybridized carbons (Fsp3) is 0.429. The van der Waals surface area contributed by atoms with Gasteiger partial charge in [0.2, 0.25) is 6.10 Å². The Morgan fingerprint density at radius 1 is 1.45 bits per heavy atom. The van der Waals surface area contributed by atoms with E-state index in [1.54, 1.807) is 25.9 Å². The Kier molecular flexibility index (Phi) is 3.92. The number of hydrogen-bond donors (Lipinski definition) is 0. The Morgan fingerprint density at radius 2 is 2.15 bits per heavy atom. The minimum atomic E-state index is -0.908. The first-order chi connectivity index (χ1) is 9.38. The molecule has 0 bridgehead atoms. The van der Waals surface area contributed by atoms with Crippen molar-refractivity contribution in [2.45, 2.75) is 25.6 Å². The molecule has 0 aliphatic carbocycles. The van der Waals surface area contributed by atoms with Crippen LogP contribution in [0.15, 0.2) is 18.2 Å². The minimum Gasteiger partial charge on any atom is -0.460 e. The summed E-state index contributed by atoms with van der Waals surface area (Å²) in [6.45, 7) is 1.72. The Morgan fingerprint density at radius 3 is 2.65 bits per heavy atom. The molecule has 6 heteroatoms. The molecule has 1 aromatic carbocycles. The van der Waals surface area contributed by atoms with Crippen LogP contribution in [0.4, 0.5) is 10.1 Å². The number of hydrogen-bond acceptors (Lipinski definition) is 5. The summed E-state index contributed by atoms with van der Waals surface area (Å²) in [7, 11) is 3.40. The molecular formula is C14H16FNO4. The Bertz CT molecular complexity index is 544. The van der Waals surface area contributed by atoms with E-state index in [1.807, 2.05) is 0 Å². The highest BCUT2D eigenvalue weighted by molar-refractivity contribution is 5.92. The second-order valence-corrected chi connectivity index (χ2v) is 4.94. The summed E-state index contributed by atoms with van der Waals surface area (Å²) in [5, 5.41) is 0. The predicted molar refractivity (Wildman–Crippen MR) is 70.1 cm³/mol. The number of ether oxygens (including phenoxy) is 2. The van der Waals surface area contributed by atoms with Crippen LogP contribution in [0.1, 0.15) is 23.7 Å². The van der Waals surface area contributed by atoms with Crippen LogP contribution in [0.2, 0.25) is 0 Å². The molecule has 1 fully saturated rings. The average molecular weight is 281 g/mol. The maximum atomic E-state index is 13.8. The molecule has 0 amide bonds. The van der Waals surface area contributed by atoms with E-state index in [0.717, 1.165) is 6.07 Å². The lowest BCUT2D eigenvalue weighted by molar-refractivity contribution is -0.147. The van der Waals surface area contributed by atoms with Crippen molar-refractivity contribution in [3.05, 3.63) is 29.6 Å². The highest BCUT2D eigenvalue weighted by Gasteiger charge is 2.35. The van der Waals surface area contributed by atoms with Gasteiger partial charge in [-0.05, 0) is 25.1 Å². The number of nitrogens with zero attached hydrogens (tertiary/aromatic N) is 1. The second kappa shape index (κ2) is 5.48. The average Bonchev–Trinajstić information content (AvgIpc) is 2.67. The summed E-state index contributed by atoms with van der Waals surface area (Å²) >= 11 is 0. The molecule has 0 radical (unpaired) electrons. The van der Waals surface area contributed by atoms with E-state index in [1.165, 1.54) is 12.1 Å². The van der Waals surface area contributed by atoms with Crippen molar-refractivity contribution in [2.75, 3.05) is 19.0 Å². The fourth-order valence-electron chi connectivity index (χ4n) is 2.01. The van der Waals surface area contributed by atoms with Crippen molar-refractivity contribution in [3.63, 3.8) is 0 Å². The van der Waals surface area contributed by atoms with Gasteiger partial charge in [0.05, 0.1) is 11.3 Å². The van der Waals surface area contributed by atoms with Crippen LogP contribution in [0.3, 0.4) is 0 Å². The smallest absolute Gasteiger partial charge is 0.347 e. The molecule has 20 heavy (non-hydrogen) atoms. The summed E-state index contributed by atoms with van der Waals surface area (Å²) < 4.78 is 23.7. The van der Waals surface area contributed by atoms with Gasteiger partial charge in [-0.15, -0.1) is 0 Å². The maximum absolute atomic E-state index is 13.8. The molecule has 1 aromatic rings. The zero-order valence-corrected chi connectivity index (χ0v) is 11.6. The van der Waals surface area contributed by atoms with Crippen molar-refractivity contribution in [2.24, 2.45) is 0 Å². The molecule has 1 saturated heterocycles. The van der Waals surface area contributed by atoms with E-state index in [2.05, 4.69) is 0 Å². The summed E-state index contributed by atoms with van der Waals surface area (Å²) in [6.07, 6.45) is -0.856. The van der Waals surface area contributed by atoms with Crippen molar-refractivity contribution < 1.29 is 23.5 Å². The van der Waals surface area contributed by atoms with Crippen LogP contribution >= 0.6 is 0 Å². The SMILES string of the molecule is C[C@@H]1C[C@H](OC(=O)c2ccc(N(C)C)c(F)c2)C(=O)O1. The number of cyclic esters (lactones) is 1. The molecule has 1 aliphatic heterocycles. The number of esters is 2. The number of carbonyl (C=O) groups is 2. The minimum absolute atomic E-state index is 0.0699. The number of rotatable bonds is 3. The number of carbonyl (C=O) groups excluding carboxylic acids is 2. The fourth-order valence-corrected chi connectivity index (χ4v) is 2.01. The Balaban J connectivity index is 2.10. The van der Waals surface area contributed by atoms with Crippen LogP contribution in [-0.2, 0) is 14.3 Å². The van der Waals surface area contributed by atoms with Crippen LogP contribution in [0.5, 0.6) is 0 Å². The molecule has 0 saturated carbocycles. The van der Waals surface area contributed by atoms with Crippen molar-refractivity contribution in [1.29, 1.82) is 0 Å². The number of anilines is 1. The number of halogens is 1. The highest BCUT2D eigenvalue weighted by Crippen LogP contribution is 2.21. The molecule has 0 unspecified atom stereocenters. The third-order valence-electron chi connectivity index (χ3n) is 3.04. The molecule has 0 N–H and O–H groups in total. The van der Waals surface area contributed by atoms with E-state index in [-0.39, 0.29) is 11.7 Å². The van der Waals surface area contributed by atoms with Gasteiger partial charge in [-0.1, -0.05) is 0 Å². The highest BCUT2D eigenvalue weighted by atomic mass is 19.1. The topological polar surface area (TPSA) is 55.8 Å². The monoisotopic (exact) mass is 281 g/mol. The van der Waals surface area contributed by atoms with E-state index in [0.29, 0.717) is 12.1 Å². The lowest BCUT2D eigenvalue weighted by atomic mass is 10.2. The first-order valence-electron chi connectivity index (χ1n) is 6.27. The molecule has 1 aliphatic rings. The van der Waals surface area contributed by atoms with Gasteiger partial charge in [-0.25, -0.2) is 14.0 Å². The van der Waals surface area contributed by atoms with Gasteiger partial charge >= 0.3 is 11.9 Å². The molecule has 5 nitrogen and oxygen atoms in total. The summed E-state index contributed by atoms with van der Waals surface area (Å²) in [4.78, 5) is 24.9. The van der Waals surface area contributed by atoms with E-state index in [9.17, 15) is 14.0 Å². The normalized spacial score (nSPS) is 21.5. The summed E-state index contributed by atoms with van der Waals surface area (Å²) in [5.74, 6) is -1.81. The van der Waals surface area contributed by atoms with Gasteiger partial charge in [0, 0.05) is 20.5 Å². The summed E-state index contributed by atoms with van der Waals surface area (Å²) in [5.41, 5.74) is 0.441. The van der Waals surface area contributed by atoms with Gasteiger partial charge in [-0.2, -0.15) is 0 Å². The van der Waals surface area contributed by atoms with Gasteiger partial charge in [0.15, 0.2) is 0 Å². The predicted octanol–water partition coefficient (Wildman–Crippen LogP) is 1.75. The first-order valence-corrected chi connectivity index (χ1v) is 6.27. The number of benzene rings is 1. The van der Waals surface area contributed by atoms with Crippen LogP contribution in [0, 0.1) is 5.82 Å². The van der Waals surface area contributed by atoms with E-state index >= 15 is 0 Å². The van der Waals surface area contributed by atoms with Gasteiger partial charge < -0.3 is 14.4 Å². The van der Waals surface area contributed by atoms with Crippen LogP contribution in [-0.4, -0.2) is 38.2 Å². The zero-order valence-electron chi connectivity index (χ0n) is 11.6. The second-order valence-electron chi connectivity index (χ2n) is 4.94. The molecule has 0 aromatic heterocycles. The van der Waals surface area contributed by atoms with Crippen LogP contribution < -0.4 is 4.90 Å². The molecule has 1 heterocycles.